The lowest BCUT2D eigenvalue weighted by Crippen LogP contribution is -2.45. The number of amides is 2. The van der Waals surface area contributed by atoms with Crippen molar-refractivity contribution in [1.29, 1.82) is 0 Å². The molecule has 9 nitrogen and oxygen atoms in total. The SMILES string of the molecule is CN(C)C/C=C/C(=O)NC1=CC=C(C(=O)N2CCC[C@@H](Nc3ncc(Cl)c(C4=CNC5=CC=CC=CC54)n3)C2)CC=C1. The van der Waals surface area contributed by atoms with Gasteiger partial charge in [-0.25, -0.2) is 9.97 Å². The highest BCUT2D eigenvalue weighted by atomic mass is 35.5. The molecule has 0 aromatic carbocycles. The molecular weight excluding hydrogens is 550 g/mol. The van der Waals surface area contributed by atoms with Crippen LogP contribution >= 0.6 is 11.6 Å². The number of hydrogen-bond donors (Lipinski definition) is 3. The van der Waals surface area contributed by atoms with Crippen LogP contribution in [-0.2, 0) is 9.59 Å². The molecule has 2 atom stereocenters. The van der Waals surface area contributed by atoms with Crippen LogP contribution in [0.2, 0.25) is 5.02 Å². The van der Waals surface area contributed by atoms with Gasteiger partial charge in [-0.05, 0) is 51.6 Å². The molecule has 10 heteroatoms. The van der Waals surface area contributed by atoms with E-state index in [1.54, 1.807) is 24.4 Å². The van der Waals surface area contributed by atoms with E-state index in [9.17, 15) is 9.59 Å². The van der Waals surface area contributed by atoms with Crippen LogP contribution in [-0.4, -0.2) is 71.4 Å². The third-order valence-corrected chi connectivity index (χ3v) is 7.58. The van der Waals surface area contributed by atoms with Crippen LogP contribution in [0.5, 0.6) is 0 Å². The van der Waals surface area contributed by atoms with Crippen molar-refractivity contribution in [3.8, 4) is 0 Å². The fraction of sp³-hybridized carbons (Fsp3) is 0.312. The van der Waals surface area contributed by atoms with Gasteiger partial charge in [-0.3, -0.25) is 9.59 Å². The Hall–Kier alpha value is -4.21. The molecule has 5 rings (SSSR count). The first-order chi connectivity index (χ1) is 20.4. The van der Waals surface area contributed by atoms with Crippen LogP contribution in [0.3, 0.4) is 0 Å². The van der Waals surface area contributed by atoms with E-state index in [1.165, 1.54) is 6.08 Å². The van der Waals surface area contributed by atoms with Crippen LogP contribution in [0, 0.1) is 5.92 Å². The van der Waals surface area contributed by atoms with Crippen LogP contribution in [0.15, 0.2) is 96.2 Å². The monoisotopic (exact) mass is 585 g/mol. The summed E-state index contributed by atoms with van der Waals surface area (Å²) < 4.78 is 0. The zero-order chi connectivity index (χ0) is 29.5. The Labute approximate surface area is 251 Å². The highest BCUT2D eigenvalue weighted by Gasteiger charge is 2.28. The molecule has 218 valence electrons. The highest BCUT2D eigenvalue weighted by molar-refractivity contribution is 6.32. The number of likely N-dealkylation sites (tertiary alicyclic amines) is 1. The minimum Gasteiger partial charge on any atom is -0.364 e. The van der Waals surface area contributed by atoms with Crippen LogP contribution in [0.4, 0.5) is 5.95 Å². The fourth-order valence-corrected chi connectivity index (χ4v) is 5.41. The average Bonchev–Trinajstić information content (AvgIpc) is 3.11. The number of allylic oxidation sites excluding steroid dienone is 9. The molecule has 1 saturated heterocycles. The number of nitrogens with zero attached hydrogens (tertiary/aromatic N) is 4. The molecule has 42 heavy (non-hydrogen) atoms. The van der Waals surface area contributed by atoms with E-state index in [4.69, 9.17) is 16.6 Å². The highest BCUT2D eigenvalue weighted by Crippen LogP contribution is 2.36. The third-order valence-electron chi connectivity index (χ3n) is 7.31. The first kappa shape index (κ1) is 29.3. The molecule has 1 aromatic heterocycles. The fourth-order valence-electron chi connectivity index (χ4n) is 5.21. The van der Waals surface area contributed by atoms with Crippen molar-refractivity contribution in [3.05, 3.63) is 107 Å². The van der Waals surface area contributed by atoms with Crippen molar-refractivity contribution < 1.29 is 9.59 Å². The molecule has 1 aromatic rings. The predicted octanol–water partition coefficient (Wildman–Crippen LogP) is 4.11. The average molecular weight is 586 g/mol. The predicted molar refractivity (Wildman–Crippen MR) is 167 cm³/mol. The zero-order valence-corrected chi connectivity index (χ0v) is 24.6. The van der Waals surface area contributed by atoms with Gasteiger partial charge in [0.15, 0.2) is 0 Å². The molecule has 3 heterocycles. The number of halogens is 1. The Balaban J connectivity index is 1.21. The summed E-state index contributed by atoms with van der Waals surface area (Å²) in [7, 11) is 3.88. The number of fused-ring (bicyclic) bond motifs is 1. The van der Waals surface area contributed by atoms with Crippen molar-refractivity contribution >= 4 is 34.9 Å². The van der Waals surface area contributed by atoms with Gasteiger partial charge in [-0.1, -0.05) is 54.1 Å². The summed E-state index contributed by atoms with van der Waals surface area (Å²) >= 11 is 6.55. The Kier molecular flexibility index (Phi) is 9.51. The van der Waals surface area contributed by atoms with Crippen molar-refractivity contribution in [2.24, 2.45) is 5.92 Å². The van der Waals surface area contributed by atoms with Crippen molar-refractivity contribution in [3.63, 3.8) is 0 Å². The van der Waals surface area contributed by atoms with Crippen molar-refractivity contribution in [1.82, 2.24) is 30.4 Å². The number of anilines is 1. The molecule has 1 unspecified atom stereocenters. The molecule has 3 N–H and O–H groups in total. The molecule has 1 fully saturated rings. The van der Waals surface area contributed by atoms with Crippen LogP contribution < -0.4 is 16.0 Å². The van der Waals surface area contributed by atoms with Gasteiger partial charge in [0.05, 0.1) is 16.9 Å². The maximum Gasteiger partial charge on any atom is 0.250 e. The standard InChI is InChI=1S/C32H36ClN7O2/c1-39(2)17-8-14-29(41)36-23-10-6-9-22(15-16-23)31(42)40-18-7-11-24(21-40)37-32-35-20-27(33)30(38-32)26-19-34-28-13-5-3-4-12-25(26)28/h3-6,8,10,12-16,19-20,24-25,34H,7,9,11,17-18,21H2,1-2H3,(H,36,41)(H,35,37,38)/b14-8+/t24-,25?/m1/s1. The smallest absolute Gasteiger partial charge is 0.250 e. The second-order valence-corrected chi connectivity index (χ2v) is 11.2. The lowest BCUT2D eigenvalue weighted by atomic mass is 9.96. The maximum absolute atomic E-state index is 13.5. The second-order valence-electron chi connectivity index (χ2n) is 10.8. The molecule has 2 aliphatic heterocycles. The van der Waals surface area contributed by atoms with E-state index in [1.807, 2.05) is 66.6 Å². The summed E-state index contributed by atoms with van der Waals surface area (Å²) in [6, 6.07) is 0.00565. The molecule has 0 bridgehead atoms. The number of carbonyl (C=O) groups excluding carboxylic acids is 2. The van der Waals surface area contributed by atoms with Crippen LogP contribution in [0.25, 0.3) is 5.57 Å². The van der Waals surface area contributed by atoms with E-state index in [0.717, 1.165) is 24.1 Å². The van der Waals surface area contributed by atoms with Gasteiger partial charge in [0.25, 0.3) is 0 Å². The number of hydrogen-bond acceptors (Lipinski definition) is 7. The van der Waals surface area contributed by atoms with Gasteiger partial charge in [0.2, 0.25) is 17.8 Å². The third kappa shape index (κ3) is 7.35. The molecule has 0 radical (unpaired) electrons. The van der Waals surface area contributed by atoms with Gasteiger partial charge in [-0.15, -0.1) is 0 Å². The minimum absolute atomic E-state index is 0.00565. The summed E-state index contributed by atoms with van der Waals surface area (Å²) in [6.07, 6.45) is 26.7. The lowest BCUT2D eigenvalue weighted by molar-refractivity contribution is -0.128. The number of carbonyl (C=O) groups is 2. The first-order valence-electron chi connectivity index (χ1n) is 14.2. The number of aromatic nitrogens is 2. The van der Waals surface area contributed by atoms with Crippen molar-refractivity contribution in [2.75, 3.05) is 39.0 Å². The van der Waals surface area contributed by atoms with Crippen LogP contribution in [0.1, 0.15) is 25.0 Å². The van der Waals surface area contributed by atoms with E-state index in [-0.39, 0.29) is 23.8 Å². The Morgan fingerprint density at radius 1 is 1.21 bits per heavy atom. The summed E-state index contributed by atoms with van der Waals surface area (Å²) in [5, 5.41) is 10.1. The number of nitrogens with one attached hydrogen (secondary N) is 3. The zero-order valence-electron chi connectivity index (χ0n) is 23.9. The molecule has 2 amide bonds. The molecule has 0 spiro atoms. The van der Waals surface area contributed by atoms with Gasteiger partial charge in [0, 0.05) is 66.4 Å². The largest absolute Gasteiger partial charge is 0.364 e. The van der Waals surface area contributed by atoms with Gasteiger partial charge < -0.3 is 25.8 Å². The normalized spacial score (nSPS) is 21.6. The Morgan fingerprint density at radius 2 is 2.10 bits per heavy atom. The maximum atomic E-state index is 13.5. The minimum atomic E-state index is -0.200. The van der Waals surface area contributed by atoms with E-state index < -0.39 is 0 Å². The Morgan fingerprint density at radius 3 is 2.95 bits per heavy atom. The summed E-state index contributed by atoms with van der Waals surface area (Å²) in [6.45, 7) is 1.91. The lowest BCUT2D eigenvalue weighted by Gasteiger charge is -2.33. The summed E-state index contributed by atoms with van der Waals surface area (Å²) in [4.78, 5) is 38.7. The second kappa shape index (κ2) is 13.6. The van der Waals surface area contributed by atoms with Crippen molar-refractivity contribution in [2.45, 2.75) is 25.3 Å². The van der Waals surface area contributed by atoms with E-state index in [0.29, 0.717) is 54.0 Å². The molecule has 4 aliphatic rings. The first-order valence-corrected chi connectivity index (χ1v) is 14.5. The number of likely N-dealkylation sites (N-methyl/N-ethyl adjacent to an activating group) is 1. The van der Waals surface area contributed by atoms with Gasteiger partial charge in [0.1, 0.15) is 0 Å². The van der Waals surface area contributed by atoms with Gasteiger partial charge in [-0.2, -0.15) is 0 Å². The topological polar surface area (TPSA) is 102 Å². The number of rotatable bonds is 8. The Bertz CT molecular complexity index is 1460. The van der Waals surface area contributed by atoms with Gasteiger partial charge >= 0.3 is 0 Å². The quantitative estimate of drug-likeness (QED) is 0.395. The number of piperidine rings is 1. The van der Waals surface area contributed by atoms with E-state index in [2.05, 4.69) is 27.0 Å². The summed E-state index contributed by atoms with van der Waals surface area (Å²) in [5.74, 6) is 0.331. The molecule has 2 aliphatic carbocycles. The van der Waals surface area contributed by atoms with E-state index >= 15 is 0 Å². The molecular formula is C32H36ClN7O2. The molecule has 0 saturated carbocycles. The summed E-state index contributed by atoms with van der Waals surface area (Å²) in [5.41, 5.74) is 4.07.